The van der Waals surface area contributed by atoms with Crippen LogP contribution in [0.1, 0.15) is 15.6 Å². The highest BCUT2D eigenvalue weighted by Gasteiger charge is 2.18. The van der Waals surface area contributed by atoms with Crippen LogP contribution in [0, 0.1) is 0 Å². The summed E-state index contributed by atoms with van der Waals surface area (Å²) in [5, 5.41) is 1.25. The lowest BCUT2D eigenvalue weighted by Crippen LogP contribution is -2.46. The standard InChI is InChI=1S/C16H23N5S2/c1-22-13-15-11-19-16(23-15)12-21-8-6-20(7-9-21)5-2-14-10-17-3-4-18-14/h3-4,10-11H,2,5-9,12-13H2,1H3. The van der Waals surface area contributed by atoms with Crippen LogP contribution in [0.4, 0.5) is 0 Å². The van der Waals surface area contributed by atoms with Crippen molar-refractivity contribution < 1.29 is 0 Å². The van der Waals surface area contributed by atoms with E-state index < -0.39 is 0 Å². The quantitative estimate of drug-likeness (QED) is 0.763. The maximum atomic E-state index is 4.56. The number of thioether (sulfide) groups is 1. The molecule has 0 saturated carbocycles. The monoisotopic (exact) mass is 349 g/mol. The Kier molecular flexibility index (Phi) is 6.38. The molecule has 0 atom stereocenters. The minimum Gasteiger partial charge on any atom is -0.300 e. The second kappa shape index (κ2) is 8.73. The fourth-order valence-corrected chi connectivity index (χ4v) is 4.43. The Morgan fingerprint density at radius 3 is 2.65 bits per heavy atom. The van der Waals surface area contributed by atoms with Gasteiger partial charge in [0.05, 0.1) is 12.2 Å². The third kappa shape index (κ3) is 5.24. The Morgan fingerprint density at radius 1 is 1.09 bits per heavy atom. The van der Waals surface area contributed by atoms with Crippen LogP contribution in [0.5, 0.6) is 0 Å². The number of nitrogens with zero attached hydrogens (tertiary/aromatic N) is 5. The van der Waals surface area contributed by atoms with E-state index in [1.807, 2.05) is 35.5 Å². The molecule has 1 aliphatic rings. The molecule has 0 aromatic carbocycles. The summed E-state index contributed by atoms with van der Waals surface area (Å²) in [5.74, 6) is 1.08. The molecule has 23 heavy (non-hydrogen) atoms. The Morgan fingerprint density at radius 2 is 1.91 bits per heavy atom. The van der Waals surface area contributed by atoms with Crippen LogP contribution in [-0.2, 0) is 18.7 Å². The topological polar surface area (TPSA) is 45.2 Å². The number of rotatable bonds is 7. The fourth-order valence-electron chi connectivity index (χ4n) is 2.72. The highest BCUT2D eigenvalue weighted by Crippen LogP contribution is 2.19. The molecule has 0 N–H and O–H groups in total. The van der Waals surface area contributed by atoms with E-state index in [4.69, 9.17) is 0 Å². The van der Waals surface area contributed by atoms with Gasteiger partial charge in [0.25, 0.3) is 0 Å². The van der Waals surface area contributed by atoms with Crippen LogP contribution in [0.2, 0.25) is 0 Å². The first-order valence-electron chi connectivity index (χ1n) is 7.95. The van der Waals surface area contributed by atoms with Gasteiger partial charge in [-0.05, 0) is 6.26 Å². The normalized spacial score (nSPS) is 16.7. The van der Waals surface area contributed by atoms with E-state index in [1.54, 1.807) is 12.4 Å². The minimum absolute atomic E-state index is 0.984. The van der Waals surface area contributed by atoms with Crippen LogP contribution < -0.4 is 0 Å². The van der Waals surface area contributed by atoms with E-state index in [0.29, 0.717) is 0 Å². The fraction of sp³-hybridized carbons (Fsp3) is 0.562. The van der Waals surface area contributed by atoms with E-state index in [0.717, 1.165) is 57.1 Å². The number of thiazole rings is 1. The van der Waals surface area contributed by atoms with Gasteiger partial charge in [-0.2, -0.15) is 11.8 Å². The van der Waals surface area contributed by atoms with Gasteiger partial charge in [-0.25, -0.2) is 4.98 Å². The molecule has 3 heterocycles. The van der Waals surface area contributed by atoms with Gasteiger partial charge in [-0.1, -0.05) is 0 Å². The van der Waals surface area contributed by atoms with E-state index in [9.17, 15) is 0 Å². The molecular formula is C16H23N5S2. The van der Waals surface area contributed by atoms with Gasteiger partial charge >= 0.3 is 0 Å². The number of hydrogen-bond donors (Lipinski definition) is 0. The summed E-state index contributed by atoms with van der Waals surface area (Å²) >= 11 is 3.72. The molecule has 5 nitrogen and oxygen atoms in total. The molecule has 1 aliphatic heterocycles. The van der Waals surface area contributed by atoms with Crippen molar-refractivity contribution in [1.82, 2.24) is 24.8 Å². The van der Waals surface area contributed by atoms with Gasteiger partial charge < -0.3 is 4.90 Å². The number of aromatic nitrogens is 3. The summed E-state index contributed by atoms with van der Waals surface area (Å²) in [6.45, 7) is 6.57. The second-order valence-corrected chi connectivity index (χ2v) is 7.78. The summed E-state index contributed by atoms with van der Waals surface area (Å²) in [6, 6.07) is 0. The third-order valence-corrected chi connectivity index (χ3v) is 5.78. The Hall–Kier alpha value is -1.02. The lowest BCUT2D eigenvalue weighted by Gasteiger charge is -2.34. The molecule has 0 amide bonds. The highest BCUT2D eigenvalue weighted by atomic mass is 32.2. The highest BCUT2D eigenvalue weighted by molar-refractivity contribution is 7.97. The molecule has 2 aromatic heterocycles. The van der Waals surface area contributed by atoms with Crippen LogP contribution in [0.25, 0.3) is 0 Å². The molecule has 0 unspecified atom stereocenters. The molecule has 0 spiro atoms. The molecule has 0 aliphatic carbocycles. The maximum Gasteiger partial charge on any atom is 0.107 e. The van der Waals surface area contributed by atoms with Crippen molar-refractivity contribution in [3.05, 3.63) is 40.4 Å². The molecule has 124 valence electrons. The number of piperazine rings is 1. The van der Waals surface area contributed by atoms with Crippen LogP contribution in [0.15, 0.2) is 24.8 Å². The Bertz CT molecular complexity index is 581. The van der Waals surface area contributed by atoms with Crippen molar-refractivity contribution in [1.29, 1.82) is 0 Å². The van der Waals surface area contributed by atoms with Gasteiger partial charge in [-0.3, -0.25) is 14.9 Å². The summed E-state index contributed by atoms with van der Waals surface area (Å²) in [4.78, 5) is 19.4. The predicted molar refractivity (Wildman–Crippen MR) is 96.8 cm³/mol. The van der Waals surface area contributed by atoms with Gasteiger partial charge in [-0.15, -0.1) is 11.3 Å². The first-order chi connectivity index (χ1) is 11.3. The summed E-state index contributed by atoms with van der Waals surface area (Å²) in [7, 11) is 0. The smallest absolute Gasteiger partial charge is 0.107 e. The maximum absolute atomic E-state index is 4.56. The summed E-state index contributed by atoms with van der Waals surface area (Å²) in [6.07, 6.45) is 10.5. The minimum atomic E-state index is 0.984. The van der Waals surface area contributed by atoms with Crippen molar-refractivity contribution in [3.63, 3.8) is 0 Å². The number of hydrogen-bond acceptors (Lipinski definition) is 7. The Balaban J connectivity index is 1.39. The predicted octanol–water partition coefficient (Wildman–Crippen LogP) is 2.16. The van der Waals surface area contributed by atoms with Crippen molar-refractivity contribution in [2.45, 2.75) is 18.7 Å². The first kappa shape index (κ1) is 16.8. The SMILES string of the molecule is CSCc1cnc(CN2CCN(CCc3cnccn3)CC2)s1. The zero-order valence-corrected chi connectivity index (χ0v) is 15.2. The van der Waals surface area contributed by atoms with Gasteiger partial charge in [0.2, 0.25) is 0 Å². The van der Waals surface area contributed by atoms with E-state index in [-0.39, 0.29) is 0 Å². The first-order valence-corrected chi connectivity index (χ1v) is 10.2. The molecule has 1 fully saturated rings. The average Bonchev–Trinajstić information content (AvgIpc) is 3.03. The van der Waals surface area contributed by atoms with E-state index in [1.165, 1.54) is 9.88 Å². The molecule has 0 radical (unpaired) electrons. The van der Waals surface area contributed by atoms with E-state index >= 15 is 0 Å². The lowest BCUT2D eigenvalue weighted by atomic mass is 10.2. The summed E-state index contributed by atoms with van der Waals surface area (Å²) in [5.41, 5.74) is 1.08. The Labute approximate surface area is 146 Å². The summed E-state index contributed by atoms with van der Waals surface area (Å²) < 4.78 is 0. The van der Waals surface area contributed by atoms with Gasteiger partial charge in [0, 0.05) is 74.6 Å². The van der Waals surface area contributed by atoms with Crippen LogP contribution in [0.3, 0.4) is 0 Å². The average molecular weight is 350 g/mol. The zero-order valence-electron chi connectivity index (χ0n) is 13.5. The van der Waals surface area contributed by atoms with Crippen LogP contribution in [-0.4, -0.2) is 63.7 Å². The largest absolute Gasteiger partial charge is 0.300 e. The van der Waals surface area contributed by atoms with Crippen molar-refractivity contribution in [2.75, 3.05) is 39.0 Å². The third-order valence-electron chi connectivity index (χ3n) is 4.01. The lowest BCUT2D eigenvalue weighted by molar-refractivity contribution is 0.128. The molecule has 3 rings (SSSR count). The molecule has 2 aromatic rings. The zero-order chi connectivity index (χ0) is 15.9. The van der Waals surface area contributed by atoms with Crippen molar-refractivity contribution in [3.8, 4) is 0 Å². The van der Waals surface area contributed by atoms with E-state index in [2.05, 4.69) is 31.0 Å². The second-order valence-electron chi connectivity index (χ2n) is 5.72. The molecular weight excluding hydrogens is 326 g/mol. The van der Waals surface area contributed by atoms with Crippen LogP contribution >= 0.6 is 23.1 Å². The van der Waals surface area contributed by atoms with Gasteiger partial charge in [0.1, 0.15) is 5.01 Å². The van der Waals surface area contributed by atoms with Crippen molar-refractivity contribution in [2.24, 2.45) is 0 Å². The van der Waals surface area contributed by atoms with Gasteiger partial charge in [0.15, 0.2) is 0 Å². The molecule has 7 heteroatoms. The molecule has 0 bridgehead atoms. The van der Waals surface area contributed by atoms with Crippen molar-refractivity contribution >= 4 is 23.1 Å². The molecule has 1 saturated heterocycles.